The number of fused-ring (bicyclic) bond motifs is 1. The van der Waals surface area contributed by atoms with Crippen LogP contribution in [0.1, 0.15) is 18.1 Å². The van der Waals surface area contributed by atoms with E-state index in [9.17, 15) is 5.11 Å². The minimum atomic E-state index is -0.491. The Bertz CT molecular complexity index is 595. The Labute approximate surface area is 125 Å². The van der Waals surface area contributed by atoms with E-state index >= 15 is 0 Å². The molecule has 0 saturated carbocycles. The van der Waals surface area contributed by atoms with E-state index in [1.54, 1.807) is 0 Å². The standard InChI is InChI=1S/C18H20O3/c1-2-20-15-8-9-17-14(11-15)12-16(19)18(21-17)10-13-6-4-3-5-7-13/h3-9,11,16,18-19H,2,10,12H2,1H3. The molecule has 1 aliphatic rings. The van der Waals surface area contributed by atoms with Crippen molar-refractivity contribution >= 4 is 0 Å². The van der Waals surface area contributed by atoms with Crippen LogP contribution in [-0.2, 0) is 12.8 Å². The van der Waals surface area contributed by atoms with Gasteiger partial charge in [0.25, 0.3) is 0 Å². The smallest absolute Gasteiger partial charge is 0.129 e. The number of hydrogen-bond acceptors (Lipinski definition) is 3. The van der Waals surface area contributed by atoms with Crippen LogP contribution in [0.2, 0.25) is 0 Å². The molecule has 0 bridgehead atoms. The van der Waals surface area contributed by atoms with Crippen molar-refractivity contribution in [3.8, 4) is 11.5 Å². The fourth-order valence-corrected chi connectivity index (χ4v) is 2.71. The molecule has 21 heavy (non-hydrogen) atoms. The Morgan fingerprint density at radius 1 is 1.19 bits per heavy atom. The highest BCUT2D eigenvalue weighted by molar-refractivity contribution is 5.42. The molecule has 3 heteroatoms. The van der Waals surface area contributed by atoms with Crippen molar-refractivity contribution in [3.05, 3.63) is 59.7 Å². The number of aliphatic hydroxyl groups excluding tert-OH is 1. The summed E-state index contributed by atoms with van der Waals surface area (Å²) >= 11 is 0. The van der Waals surface area contributed by atoms with E-state index in [-0.39, 0.29) is 6.10 Å². The third-order valence-corrected chi connectivity index (χ3v) is 3.76. The molecule has 1 N–H and O–H groups in total. The summed E-state index contributed by atoms with van der Waals surface area (Å²) in [6.07, 6.45) is 0.634. The van der Waals surface area contributed by atoms with Crippen molar-refractivity contribution in [3.63, 3.8) is 0 Å². The summed E-state index contributed by atoms with van der Waals surface area (Å²) in [6, 6.07) is 15.9. The zero-order chi connectivity index (χ0) is 14.7. The summed E-state index contributed by atoms with van der Waals surface area (Å²) in [6.45, 7) is 2.60. The van der Waals surface area contributed by atoms with Gasteiger partial charge < -0.3 is 14.6 Å². The molecule has 3 nitrogen and oxygen atoms in total. The van der Waals surface area contributed by atoms with Crippen molar-refractivity contribution in [2.75, 3.05) is 6.61 Å². The maximum atomic E-state index is 10.3. The van der Waals surface area contributed by atoms with E-state index in [1.165, 1.54) is 5.56 Å². The molecule has 110 valence electrons. The molecule has 0 aliphatic carbocycles. The van der Waals surface area contributed by atoms with Gasteiger partial charge in [0.15, 0.2) is 0 Å². The maximum absolute atomic E-state index is 10.3. The molecular weight excluding hydrogens is 264 g/mol. The maximum Gasteiger partial charge on any atom is 0.129 e. The first kappa shape index (κ1) is 14.0. The molecule has 1 heterocycles. The average Bonchev–Trinajstić information content (AvgIpc) is 2.50. The molecule has 0 fully saturated rings. The molecule has 2 atom stereocenters. The van der Waals surface area contributed by atoms with Crippen LogP contribution in [0, 0.1) is 0 Å². The molecule has 1 aliphatic heterocycles. The Morgan fingerprint density at radius 2 is 2.00 bits per heavy atom. The molecule has 3 rings (SSSR count). The van der Waals surface area contributed by atoms with Crippen molar-refractivity contribution < 1.29 is 14.6 Å². The van der Waals surface area contributed by atoms with Crippen molar-refractivity contribution in [1.29, 1.82) is 0 Å². The van der Waals surface area contributed by atoms with Gasteiger partial charge in [-0.05, 0) is 30.7 Å². The van der Waals surface area contributed by atoms with E-state index in [2.05, 4.69) is 12.1 Å². The summed E-state index contributed by atoms with van der Waals surface area (Å²) in [5.41, 5.74) is 2.19. The van der Waals surface area contributed by atoms with Gasteiger partial charge in [-0.3, -0.25) is 0 Å². The molecule has 0 amide bonds. The van der Waals surface area contributed by atoms with Crippen molar-refractivity contribution in [2.24, 2.45) is 0 Å². The normalized spacial score (nSPS) is 20.5. The molecule has 0 spiro atoms. The highest BCUT2D eigenvalue weighted by Crippen LogP contribution is 2.32. The first-order valence-electron chi connectivity index (χ1n) is 7.40. The Hall–Kier alpha value is -2.00. The van der Waals surface area contributed by atoms with E-state index < -0.39 is 6.10 Å². The van der Waals surface area contributed by atoms with E-state index in [4.69, 9.17) is 9.47 Å². The number of hydrogen-bond donors (Lipinski definition) is 1. The van der Waals surface area contributed by atoms with Gasteiger partial charge >= 0.3 is 0 Å². The monoisotopic (exact) mass is 284 g/mol. The Morgan fingerprint density at radius 3 is 2.76 bits per heavy atom. The Kier molecular flexibility index (Phi) is 4.11. The Balaban J connectivity index is 1.76. The van der Waals surface area contributed by atoms with Gasteiger partial charge in [0.05, 0.1) is 12.7 Å². The summed E-state index contributed by atoms with van der Waals surface area (Å²) < 4.78 is 11.5. The van der Waals surface area contributed by atoms with Crippen LogP contribution in [0.25, 0.3) is 0 Å². The van der Waals surface area contributed by atoms with E-state index in [0.29, 0.717) is 19.4 Å². The molecule has 0 radical (unpaired) electrons. The second-order valence-electron chi connectivity index (χ2n) is 5.32. The molecule has 2 aromatic carbocycles. The second kappa shape index (κ2) is 6.19. The molecular formula is C18H20O3. The molecule has 0 saturated heterocycles. The fourth-order valence-electron chi connectivity index (χ4n) is 2.71. The summed E-state index contributed by atoms with van der Waals surface area (Å²) in [5, 5.41) is 10.3. The van der Waals surface area contributed by atoms with Gasteiger partial charge in [-0.25, -0.2) is 0 Å². The van der Waals surface area contributed by atoms with E-state index in [0.717, 1.165) is 17.1 Å². The van der Waals surface area contributed by atoms with Gasteiger partial charge in [-0.1, -0.05) is 30.3 Å². The van der Waals surface area contributed by atoms with Crippen LogP contribution in [0.15, 0.2) is 48.5 Å². The lowest BCUT2D eigenvalue weighted by Gasteiger charge is -2.31. The zero-order valence-corrected chi connectivity index (χ0v) is 12.2. The molecule has 0 aromatic heterocycles. The lowest BCUT2D eigenvalue weighted by molar-refractivity contribution is 0.0222. The third-order valence-electron chi connectivity index (χ3n) is 3.76. The first-order chi connectivity index (χ1) is 10.3. The van der Waals surface area contributed by atoms with Crippen LogP contribution < -0.4 is 9.47 Å². The molecule has 2 unspecified atom stereocenters. The SMILES string of the molecule is CCOc1ccc2c(c1)CC(O)C(Cc1ccccc1)O2. The summed E-state index contributed by atoms with van der Waals surface area (Å²) in [7, 11) is 0. The lowest BCUT2D eigenvalue weighted by atomic mass is 9.95. The van der Waals surface area contributed by atoms with Gasteiger partial charge in [0, 0.05) is 18.4 Å². The largest absolute Gasteiger partial charge is 0.494 e. The summed E-state index contributed by atoms with van der Waals surface area (Å²) in [5.74, 6) is 1.68. The van der Waals surface area contributed by atoms with Crippen molar-refractivity contribution in [2.45, 2.75) is 32.0 Å². The average molecular weight is 284 g/mol. The predicted octanol–water partition coefficient (Wildman–Crippen LogP) is 2.99. The quantitative estimate of drug-likeness (QED) is 0.938. The minimum Gasteiger partial charge on any atom is -0.494 e. The first-order valence-corrected chi connectivity index (χ1v) is 7.40. The third kappa shape index (κ3) is 3.19. The topological polar surface area (TPSA) is 38.7 Å². The van der Waals surface area contributed by atoms with Crippen LogP contribution in [-0.4, -0.2) is 23.9 Å². The highest BCUT2D eigenvalue weighted by Gasteiger charge is 2.28. The second-order valence-corrected chi connectivity index (χ2v) is 5.32. The number of aliphatic hydroxyl groups is 1. The summed E-state index contributed by atoms with van der Waals surface area (Å²) in [4.78, 5) is 0. The lowest BCUT2D eigenvalue weighted by Crippen LogP contribution is -2.39. The van der Waals surface area contributed by atoms with E-state index in [1.807, 2.05) is 43.3 Å². The fraction of sp³-hybridized carbons (Fsp3) is 0.333. The number of rotatable bonds is 4. The zero-order valence-electron chi connectivity index (χ0n) is 12.2. The van der Waals surface area contributed by atoms with Crippen LogP contribution in [0.5, 0.6) is 11.5 Å². The van der Waals surface area contributed by atoms with Crippen molar-refractivity contribution in [1.82, 2.24) is 0 Å². The van der Waals surface area contributed by atoms with Crippen LogP contribution >= 0.6 is 0 Å². The van der Waals surface area contributed by atoms with Gasteiger partial charge in [-0.2, -0.15) is 0 Å². The number of ether oxygens (including phenoxy) is 2. The van der Waals surface area contributed by atoms with Crippen LogP contribution in [0.3, 0.4) is 0 Å². The molecule has 2 aromatic rings. The number of benzene rings is 2. The van der Waals surface area contributed by atoms with Gasteiger partial charge in [0.1, 0.15) is 17.6 Å². The van der Waals surface area contributed by atoms with Crippen LogP contribution in [0.4, 0.5) is 0 Å². The predicted molar refractivity (Wildman–Crippen MR) is 81.9 cm³/mol. The minimum absolute atomic E-state index is 0.196. The van der Waals surface area contributed by atoms with Gasteiger partial charge in [0.2, 0.25) is 0 Å². The highest BCUT2D eigenvalue weighted by atomic mass is 16.5. The van der Waals surface area contributed by atoms with Gasteiger partial charge in [-0.15, -0.1) is 0 Å².